The van der Waals surface area contributed by atoms with Gasteiger partial charge in [-0.3, -0.25) is 0 Å². The average molecular weight is 351 g/mol. The van der Waals surface area contributed by atoms with Gasteiger partial charge in [-0.25, -0.2) is 0 Å². The van der Waals surface area contributed by atoms with E-state index < -0.39 is 0 Å². The van der Waals surface area contributed by atoms with Crippen LogP contribution in [0.4, 0.5) is 5.69 Å². The summed E-state index contributed by atoms with van der Waals surface area (Å²) in [6.07, 6.45) is 5.21. The minimum absolute atomic E-state index is 0.259. The summed E-state index contributed by atoms with van der Waals surface area (Å²) < 4.78 is 6.48. The monoisotopic (exact) mass is 349 g/mol. The molecule has 0 bridgehead atoms. The molecule has 2 aromatic carbocycles. The summed E-state index contributed by atoms with van der Waals surface area (Å²) in [5, 5.41) is 3.97. The molecule has 0 aliphatic carbocycles. The lowest BCUT2D eigenvalue weighted by Gasteiger charge is -2.12. The van der Waals surface area contributed by atoms with E-state index in [0.717, 1.165) is 21.5 Å². The van der Waals surface area contributed by atoms with Crippen LogP contribution < -0.4 is 10.1 Å². The first-order chi connectivity index (χ1) is 9.70. The highest BCUT2D eigenvalue weighted by Gasteiger charge is 2.05. The number of halogens is 2. The number of rotatable bonds is 5. The number of terminal acetylenes is 1. The third-order valence-electron chi connectivity index (χ3n) is 2.68. The van der Waals surface area contributed by atoms with Crippen LogP contribution in [0.5, 0.6) is 5.75 Å². The van der Waals surface area contributed by atoms with E-state index in [-0.39, 0.29) is 6.61 Å². The van der Waals surface area contributed by atoms with Gasteiger partial charge >= 0.3 is 0 Å². The molecule has 0 aliphatic heterocycles. The molecule has 0 atom stereocenters. The van der Waals surface area contributed by atoms with E-state index >= 15 is 0 Å². The summed E-state index contributed by atoms with van der Waals surface area (Å²) in [4.78, 5) is 0. The Bertz CT molecular complexity index is 637. The van der Waals surface area contributed by atoms with Crippen LogP contribution in [-0.4, -0.2) is 6.61 Å². The molecule has 0 heterocycles. The van der Waals surface area contributed by atoms with Gasteiger partial charge in [0, 0.05) is 16.6 Å². The first-order valence-electron chi connectivity index (χ1n) is 6.04. The first kappa shape index (κ1) is 14.8. The lowest BCUT2D eigenvalue weighted by Crippen LogP contribution is -2.04. The van der Waals surface area contributed by atoms with Crippen LogP contribution >= 0.6 is 27.5 Å². The molecule has 0 saturated carbocycles. The maximum Gasteiger partial charge on any atom is 0.148 e. The fraction of sp³-hybridized carbons (Fsp3) is 0.125. The van der Waals surface area contributed by atoms with E-state index in [2.05, 4.69) is 27.2 Å². The number of anilines is 1. The lowest BCUT2D eigenvalue weighted by atomic mass is 10.2. The van der Waals surface area contributed by atoms with Crippen LogP contribution in [0.15, 0.2) is 46.9 Å². The van der Waals surface area contributed by atoms with Crippen molar-refractivity contribution in [1.29, 1.82) is 0 Å². The Morgan fingerprint density at radius 2 is 2.05 bits per heavy atom. The van der Waals surface area contributed by atoms with Gasteiger partial charge in [0.1, 0.15) is 12.4 Å². The third kappa shape index (κ3) is 3.93. The third-order valence-corrected chi connectivity index (χ3v) is 3.50. The highest BCUT2D eigenvalue weighted by molar-refractivity contribution is 9.10. The van der Waals surface area contributed by atoms with Gasteiger partial charge < -0.3 is 10.1 Å². The highest BCUT2D eigenvalue weighted by Crippen LogP contribution is 2.27. The molecule has 20 heavy (non-hydrogen) atoms. The van der Waals surface area contributed by atoms with Crippen molar-refractivity contribution in [2.75, 3.05) is 11.9 Å². The van der Waals surface area contributed by atoms with Gasteiger partial charge in [0.15, 0.2) is 0 Å². The van der Waals surface area contributed by atoms with Gasteiger partial charge in [-0.2, -0.15) is 0 Å². The Morgan fingerprint density at radius 1 is 1.25 bits per heavy atom. The van der Waals surface area contributed by atoms with Crippen LogP contribution in [0.3, 0.4) is 0 Å². The van der Waals surface area contributed by atoms with Gasteiger partial charge in [-0.1, -0.05) is 51.7 Å². The first-order valence-corrected chi connectivity index (χ1v) is 7.21. The Hall–Kier alpha value is -1.63. The molecular formula is C16H13BrClNO. The van der Waals surface area contributed by atoms with E-state index in [1.165, 1.54) is 0 Å². The minimum atomic E-state index is 0.259. The highest BCUT2D eigenvalue weighted by atomic mass is 79.9. The van der Waals surface area contributed by atoms with E-state index in [1.807, 2.05) is 42.5 Å². The Labute approximate surface area is 132 Å². The molecule has 0 fully saturated rings. The van der Waals surface area contributed by atoms with Crippen LogP contribution in [0.25, 0.3) is 0 Å². The van der Waals surface area contributed by atoms with E-state index in [0.29, 0.717) is 11.6 Å². The molecule has 0 unspecified atom stereocenters. The van der Waals surface area contributed by atoms with Crippen molar-refractivity contribution in [2.24, 2.45) is 0 Å². The van der Waals surface area contributed by atoms with Crippen molar-refractivity contribution in [2.45, 2.75) is 6.54 Å². The van der Waals surface area contributed by atoms with Crippen LogP contribution in [0.1, 0.15) is 5.56 Å². The Morgan fingerprint density at radius 3 is 2.85 bits per heavy atom. The van der Waals surface area contributed by atoms with Crippen molar-refractivity contribution < 1.29 is 4.74 Å². The predicted molar refractivity (Wildman–Crippen MR) is 87.2 cm³/mol. The van der Waals surface area contributed by atoms with E-state index in [1.54, 1.807) is 0 Å². The quantitative estimate of drug-likeness (QED) is 0.787. The smallest absolute Gasteiger partial charge is 0.148 e. The van der Waals surface area contributed by atoms with Gasteiger partial charge in [-0.15, -0.1) is 6.42 Å². The molecule has 0 radical (unpaired) electrons. The number of hydrogen-bond donors (Lipinski definition) is 1. The topological polar surface area (TPSA) is 21.3 Å². The zero-order valence-electron chi connectivity index (χ0n) is 10.7. The molecule has 0 aromatic heterocycles. The minimum Gasteiger partial charge on any atom is -0.481 e. The van der Waals surface area contributed by atoms with Crippen molar-refractivity contribution in [3.8, 4) is 18.1 Å². The fourth-order valence-electron chi connectivity index (χ4n) is 1.73. The molecule has 1 N–H and O–H groups in total. The summed E-state index contributed by atoms with van der Waals surface area (Å²) in [6, 6.07) is 13.4. The summed E-state index contributed by atoms with van der Waals surface area (Å²) in [6.45, 7) is 0.867. The second-order valence-corrected chi connectivity index (χ2v) is 5.40. The van der Waals surface area contributed by atoms with Gasteiger partial charge in [-0.05, 0) is 24.3 Å². The molecule has 0 spiro atoms. The predicted octanol–water partition coefficient (Wildman–Crippen LogP) is 4.73. The number of hydrogen-bond acceptors (Lipinski definition) is 2. The zero-order valence-corrected chi connectivity index (χ0v) is 13.0. The van der Waals surface area contributed by atoms with Crippen LogP contribution in [-0.2, 0) is 6.54 Å². The van der Waals surface area contributed by atoms with Crippen molar-refractivity contribution in [3.63, 3.8) is 0 Å². The molecule has 4 heteroatoms. The molecule has 2 nitrogen and oxygen atoms in total. The van der Waals surface area contributed by atoms with Crippen molar-refractivity contribution >= 4 is 33.2 Å². The SMILES string of the molecule is C#CCOc1ccccc1CNc1cc(Br)ccc1Cl. The number of para-hydroxylation sites is 1. The largest absolute Gasteiger partial charge is 0.481 e. The number of nitrogens with one attached hydrogen (secondary N) is 1. The molecule has 0 amide bonds. The number of benzene rings is 2. The van der Waals surface area contributed by atoms with Gasteiger partial charge in [0.2, 0.25) is 0 Å². The lowest BCUT2D eigenvalue weighted by molar-refractivity contribution is 0.366. The Balaban J connectivity index is 2.11. The standard InChI is InChI=1S/C16H13BrClNO/c1-2-9-20-16-6-4-3-5-12(16)11-19-15-10-13(17)7-8-14(15)18/h1,3-8,10,19H,9,11H2. The van der Waals surface area contributed by atoms with Crippen molar-refractivity contribution in [1.82, 2.24) is 0 Å². The van der Waals surface area contributed by atoms with Crippen molar-refractivity contribution in [3.05, 3.63) is 57.5 Å². The molecule has 102 valence electrons. The van der Waals surface area contributed by atoms with Crippen LogP contribution in [0.2, 0.25) is 5.02 Å². The average Bonchev–Trinajstić information content (AvgIpc) is 2.47. The molecule has 0 saturated heterocycles. The second kappa shape index (κ2) is 7.23. The summed E-state index contributed by atoms with van der Waals surface area (Å²) in [7, 11) is 0. The summed E-state index contributed by atoms with van der Waals surface area (Å²) >= 11 is 9.57. The number of ether oxygens (including phenoxy) is 1. The molecular weight excluding hydrogens is 338 g/mol. The summed E-state index contributed by atoms with van der Waals surface area (Å²) in [5.74, 6) is 3.25. The van der Waals surface area contributed by atoms with Crippen LogP contribution in [0, 0.1) is 12.3 Å². The summed E-state index contributed by atoms with van der Waals surface area (Å²) in [5.41, 5.74) is 1.89. The maximum absolute atomic E-state index is 6.14. The van der Waals surface area contributed by atoms with E-state index in [4.69, 9.17) is 22.8 Å². The van der Waals surface area contributed by atoms with Gasteiger partial charge in [0.25, 0.3) is 0 Å². The molecule has 0 aliphatic rings. The second-order valence-electron chi connectivity index (χ2n) is 4.08. The van der Waals surface area contributed by atoms with E-state index in [9.17, 15) is 0 Å². The molecule has 2 aromatic rings. The maximum atomic E-state index is 6.14. The zero-order chi connectivity index (χ0) is 14.4. The Kier molecular flexibility index (Phi) is 5.34. The molecule has 2 rings (SSSR count). The normalized spacial score (nSPS) is 9.85. The fourth-order valence-corrected chi connectivity index (χ4v) is 2.28. The van der Waals surface area contributed by atoms with Gasteiger partial charge in [0.05, 0.1) is 10.7 Å².